The minimum atomic E-state index is -5.00. The smallest absolute Gasteiger partial charge is 0.442 e. The summed E-state index contributed by atoms with van der Waals surface area (Å²) in [5.74, 6) is -0.309. The van der Waals surface area contributed by atoms with E-state index in [1.54, 1.807) is 25.1 Å². The maximum atomic E-state index is 12.9. The van der Waals surface area contributed by atoms with E-state index in [1.807, 2.05) is 0 Å². The molecule has 1 aromatic rings. The Bertz CT molecular complexity index is 651. The zero-order chi connectivity index (χ0) is 18.0. The van der Waals surface area contributed by atoms with Gasteiger partial charge in [0, 0.05) is 17.6 Å². The van der Waals surface area contributed by atoms with Crippen molar-refractivity contribution in [3.05, 3.63) is 41.1 Å². The molecule has 1 aliphatic heterocycles. The van der Waals surface area contributed by atoms with Crippen LogP contribution in [0.25, 0.3) is 0 Å². The van der Waals surface area contributed by atoms with Gasteiger partial charge in [-0.05, 0) is 43.2 Å². The number of hydrogen-bond acceptors (Lipinski definition) is 4. The molecule has 1 aromatic carbocycles. The lowest BCUT2D eigenvalue weighted by atomic mass is 10.2. The van der Waals surface area contributed by atoms with Crippen LogP contribution in [0.4, 0.5) is 13.2 Å². The molecule has 2 rings (SSSR count). The van der Waals surface area contributed by atoms with Crippen molar-refractivity contribution in [3.63, 3.8) is 0 Å². The van der Waals surface area contributed by atoms with Gasteiger partial charge >= 0.3 is 6.18 Å². The molecular formula is C15H16ClF3N2O3. The van der Waals surface area contributed by atoms with Crippen LogP contribution in [-0.2, 0) is 4.79 Å². The maximum Gasteiger partial charge on any atom is 0.442 e. The molecule has 1 aliphatic rings. The molecule has 24 heavy (non-hydrogen) atoms. The van der Waals surface area contributed by atoms with E-state index >= 15 is 0 Å². The highest BCUT2D eigenvalue weighted by Gasteiger charge is 2.60. The Kier molecular flexibility index (Phi) is 5.29. The molecule has 1 heterocycles. The molecule has 0 aromatic heterocycles. The lowest BCUT2D eigenvalue weighted by molar-refractivity contribution is -0.288. The Hall–Kier alpha value is -1.93. The highest BCUT2D eigenvalue weighted by Crippen LogP contribution is 2.36. The van der Waals surface area contributed by atoms with Gasteiger partial charge in [0.2, 0.25) is 5.91 Å². The second kappa shape index (κ2) is 6.90. The van der Waals surface area contributed by atoms with Crippen molar-refractivity contribution in [1.29, 1.82) is 0 Å². The maximum absolute atomic E-state index is 12.9. The first-order valence-electron chi connectivity index (χ1n) is 7.10. The van der Waals surface area contributed by atoms with Gasteiger partial charge in [-0.1, -0.05) is 11.6 Å². The summed E-state index contributed by atoms with van der Waals surface area (Å²) in [4.78, 5) is 11.9. The van der Waals surface area contributed by atoms with Gasteiger partial charge < -0.3 is 15.3 Å². The van der Waals surface area contributed by atoms with E-state index in [9.17, 15) is 23.1 Å². The zero-order valence-electron chi connectivity index (χ0n) is 12.7. The molecule has 132 valence electrons. The summed E-state index contributed by atoms with van der Waals surface area (Å²) >= 11 is 5.82. The van der Waals surface area contributed by atoms with Gasteiger partial charge in [-0.25, -0.2) is 5.01 Å². The van der Waals surface area contributed by atoms with Crippen LogP contribution >= 0.6 is 11.6 Å². The van der Waals surface area contributed by atoms with Crippen LogP contribution in [0.1, 0.15) is 18.4 Å². The fourth-order valence-electron chi connectivity index (χ4n) is 2.18. The fraction of sp³-hybridized carbons (Fsp3) is 0.400. The molecule has 0 fully saturated rings. The van der Waals surface area contributed by atoms with Crippen molar-refractivity contribution in [3.8, 4) is 5.75 Å². The number of carbonyl (C=O) groups is 1. The number of hydrogen-bond donors (Lipinski definition) is 2. The number of nitrogens with zero attached hydrogens (tertiary/aromatic N) is 1. The van der Waals surface area contributed by atoms with Gasteiger partial charge in [0.05, 0.1) is 6.61 Å². The van der Waals surface area contributed by atoms with E-state index in [0.29, 0.717) is 16.8 Å². The molecule has 0 aliphatic carbocycles. The topological polar surface area (TPSA) is 61.8 Å². The average Bonchev–Trinajstić information content (AvgIpc) is 2.88. The third kappa shape index (κ3) is 3.76. The summed E-state index contributed by atoms with van der Waals surface area (Å²) in [5.41, 5.74) is -0.420. The molecule has 2 N–H and O–H groups in total. The predicted octanol–water partition coefficient (Wildman–Crippen LogP) is 2.92. The van der Waals surface area contributed by atoms with Gasteiger partial charge in [0.25, 0.3) is 5.72 Å². The molecule has 9 heteroatoms. The van der Waals surface area contributed by atoms with Crippen LogP contribution in [-0.4, -0.2) is 34.5 Å². The van der Waals surface area contributed by atoms with Gasteiger partial charge in [-0.3, -0.25) is 4.79 Å². The molecular weight excluding hydrogens is 349 g/mol. The molecule has 0 unspecified atom stereocenters. The van der Waals surface area contributed by atoms with Crippen LogP contribution in [0.5, 0.6) is 5.75 Å². The Morgan fingerprint density at radius 2 is 2.17 bits per heavy atom. The van der Waals surface area contributed by atoms with E-state index < -0.39 is 17.8 Å². The quantitative estimate of drug-likeness (QED) is 0.789. The van der Waals surface area contributed by atoms with Crippen LogP contribution in [0.2, 0.25) is 5.02 Å². The minimum Gasteiger partial charge on any atom is -0.493 e. The zero-order valence-corrected chi connectivity index (χ0v) is 13.5. The predicted molar refractivity (Wildman–Crippen MR) is 81.0 cm³/mol. The van der Waals surface area contributed by atoms with Crippen LogP contribution in [0, 0.1) is 6.92 Å². The summed E-state index contributed by atoms with van der Waals surface area (Å²) < 4.78 is 44.1. The first-order chi connectivity index (χ1) is 11.1. The molecule has 1 atom stereocenters. The minimum absolute atomic E-state index is 0.139. The van der Waals surface area contributed by atoms with Gasteiger partial charge in [-0.15, -0.1) is 0 Å². The largest absolute Gasteiger partial charge is 0.493 e. The molecule has 0 bridgehead atoms. The van der Waals surface area contributed by atoms with E-state index in [-0.39, 0.29) is 24.5 Å². The normalized spacial score (nSPS) is 20.2. The van der Waals surface area contributed by atoms with E-state index in [4.69, 9.17) is 16.3 Å². The first-order valence-corrected chi connectivity index (χ1v) is 7.48. The monoisotopic (exact) mass is 364 g/mol. The summed E-state index contributed by atoms with van der Waals surface area (Å²) in [6, 6.07) is 5.04. The second-order valence-electron chi connectivity index (χ2n) is 5.28. The number of aliphatic hydroxyl groups is 1. The molecule has 5 nitrogen and oxygen atoms in total. The Morgan fingerprint density at radius 3 is 2.79 bits per heavy atom. The lowest BCUT2D eigenvalue weighted by Crippen LogP contribution is -2.60. The Labute approximate surface area is 141 Å². The number of ether oxygens (including phenoxy) is 1. The van der Waals surface area contributed by atoms with Crippen molar-refractivity contribution in [2.45, 2.75) is 31.7 Å². The van der Waals surface area contributed by atoms with E-state index in [2.05, 4.69) is 5.43 Å². The molecule has 0 spiro atoms. The van der Waals surface area contributed by atoms with Gasteiger partial charge in [0.1, 0.15) is 5.75 Å². The number of carbonyl (C=O) groups excluding carboxylic acids is 1. The van der Waals surface area contributed by atoms with E-state index in [1.165, 1.54) is 0 Å². The molecule has 1 amide bonds. The van der Waals surface area contributed by atoms with Crippen molar-refractivity contribution >= 4 is 17.5 Å². The number of amides is 1. The van der Waals surface area contributed by atoms with Crippen molar-refractivity contribution in [1.82, 2.24) is 10.4 Å². The Balaban J connectivity index is 1.85. The molecule has 0 saturated heterocycles. The van der Waals surface area contributed by atoms with Crippen molar-refractivity contribution in [2.24, 2.45) is 0 Å². The lowest BCUT2D eigenvalue weighted by Gasteiger charge is -2.33. The van der Waals surface area contributed by atoms with Crippen molar-refractivity contribution in [2.75, 3.05) is 6.61 Å². The van der Waals surface area contributed by atoms with Gasteiger partial charge in [-0.2, -0.15) is 13.2 Å². The number of hydrazine groups is 1. The number of rotatable bonds is 5. The number of alkyl halides is 3. The van der Waals surface area contributed by atoms with Crippen LogP contribution in [0.15, 0.2) is 30.5 Å². The average molecular weight is 365 g/mol. The van der Waals surface area contributed by atoms with Gasteiger partial charge in [0.15, 0.2) is 0 Å². The SMILES string of the molecule is Cc1cc(Cl)ccc1OCCCC(=O)N1NC=C[C@]1(O)C(F)(F)F. The van der Waals surface area contributed by atoms with Crippen LogP contribution in [0.3, 0.4) is 0 Å². The number of aryl methyl sites for hydroxylation is 1. The van der Waals surface area contributed by atoms with Crippen molar-refractivity contribution < 1.29 is 27.8 Å². The summed E-state index contributed by atoms with van der Waals surface area (Å²) in [6.07, 6.45) is -3.68. The fourth-order valence-corrected chi connectivity index (χ4v) is 2.40. The summed E-state index contributed by atoms with van der Waals surface area (Å²) in [6.45, 7) is 1.94. The highest BCUT2D eigenvalue weighted by molar-refractivity contribution is 6.30. The standard InChI is InChI=1S/C15H16ClF3N2O3/c1-10-9-11(16)4-5-12(10)24-8-2-3-13(22)21-14(23,6-7-20-21)15(17,18)19/h4-7,9,20,23H,2-3,8H2,1H3/t14-/m0/s1. The summed E-state index contributed by atoms with van der Waals surface area (Å²) in [5, 5.41) is 10.4. The number of nitrogens with one attached hydrogen (secondary N) is 1. The summed E-state index contributed by atoms with van der Waals surface area (Å²) in [7, 11) is 0. The number of halogens is 4. The molecule has 0 radical (unpaired) electrons. The second-order valence-corrected chi connectivity index (χ2v) is 5.71. The highest BCUT2D eigenvalue weighted by atomic mass is 35.5. The first kappa shape index (κ1) is 18.4. The number of benzene rings is 1. The third-order valence-corrected chi connectivity index (χ3v) is 3.69. The molecule has 0 saturated carbocycles. The third-order valence-electron chi connectivity index (χ3n) is 3.46. The van der Waals surface area contributed by atoms with E-state index in [0.717, 1.165) is 11.8 Å². The Morgan fingerprint density at radius 1 is 1.46 bits per heavy atom. The van der Waals surface area contributed by atoms with Crippen LogP contribution < -0.4 is 10.2 Å².